The van der Waals surface area contributed by atoms with Crippen molar-refractivity contribution in [2.45, 2.75) is 6.10 Å². The first kappa shape index (κ1) is 12.4. The first-order valence-electron chi connectivity index (χ1n) is 4.41. The number of aliphatic hydroxyl groups is 3. The Labute approximate surface area is 91.8 Å². The van der Waals surface area contributed by atoms with Crippen molar-refractivity contribution in [3.63, 3.8) is 0 Å². The van der Waals surface area contributed by atoms with Crippen molar-refractivity contribution in [2.24, 2.45) is 0 Å². The molecule has 0 spiro atoms. The van der Waals surface area contributed by atoms with Crippen LogP contribution in [0.25, 0.3) is 0 Å². The highest BCUT2D eigenvalue weighted by atomic mass is 16.7. The zero-order valence-corrected chi connectivity index (χ0v) is 9.13. The second kappa shape index (κ2) is 4.43. The Bertz CT molecular complexity index is 343. The molecule has 0 unspecified atom stereocenters. The molecular weight excluding hydrogens is 216 g/mol. The van der Waals surface area contributed by atoms with E-state index in [1.54, 1.807) is 14.1 Å². The molecule has 0 aliphatic heterocycles. The van der Waals surface area contributed by atoms with E-state index in [0.717, 1.165) is 0 Å². The van der Waals surface area contributed by atoms with E-state index in [1.165, 1.54) is 7.05 Å². The van der Waals surface area contributed by atoms with Gasteiger partial charge in [-0.2, -0.15) is 15.0 Å². The zero-order valence-electron chi connectivity index (χ0n) is 9.13. The lowest BCUT2D eigenvalue weighted by Crippen LogP contribution is -2.47. The second-order valence-electron chi connectivity index (χ2n) is 2.94. The monoisotopic (exact) mass is 230 g/mol. The molecule has 1 aromatic rings. The topological polar surface area (TPSA) is 127 Å². The van der Waals surface area contributed by atoms with Gasteiger partial charge in [0.05, 0.1) is 0 Å². The third-order valence-electron chi connectivity index (χ3n) is 1.82. The van der Waals surface area contributed by atoms with Crippen molar-refractivity contribution in [3.8, 4) is 0 Å². The van der Waals surface area contributed by atoms with Crippen LogP contribution < -0.4 is 15.5 Å². The van der Waals surface area contributed by atoms with Crippen molar-refractivity contribution >= 4 is 17.8 Å². The molecule has 0 amide bonds. The van der Waals surface area contributed by atoms with Crippen LogP contribution in [0.5, 0.6) is 0 Å². The van der Waals surface area contributed by atoms with Crippen LogP contribution in [-0.4, -0.2) is 57.5 Å². The number of nitrogens with one attached hydrogen (secondary N) is 2. The van der Waals surface area contributed by atoms with E-state index in [2.05, 4.69) is 25.6 Å². The van der Waals surface area contributed by atoms with Gasteiger partial charge in [0.2, 0.25) is 17.8 Å². The summed E-state index contributed by atoms with van der Waals surface area (Å²) in [6.07, 6.45) is -3.03. The number of nitrogens with zero attached hydrogens (tertiary/aromatic N) is 4. The summed E-state index contributed by atoms with van der Waals surface area (Å²) in [7, 11) is 4.42. The standard InChI is InChI=1S/C7H14N6O3/c1-8-4-10-5(9-2)12-6(11-4)13(3)7(14,15)16/h14-16H,1-3H3,(H2,8,9,10,11,12). The van der Waals surface area contributed by atoms with E-state index < -0.39 is 6.10 Å². The average Bonchev–Trinajstić information content (AvgIpc) is 2.26. The summed E-state index contributed by atoms with van der Waals surface area (Å²) >= 11 is 0. The summed E-state index contributed by atoms with van der Waals surface area (Å²) in [6, 6.07) is 0. The lowest BCUT2D eigenvalue weighted by atomic mass is 10.7. The molecule has 0 saturated carbocycles. The Morgan fingerprint density at radius 1 is 1.00 bits per heavy atom. The molecule has 5 N–H and O–H groups in total. The molecule has 1 aromatic heterocycles. The van der Waals surface area contributed by atoms with Gasteiger partial charge < -0.3 is 26.0 Å². The van der Waals surface area contributed by atoms with Gasteiger partial charge in [-0.05, 0) is 0 Å². The van der Waals surface area contributed by atoms with Gasteiger partial charge in [-0.25, -0.2) is 0 Å². The number of hydrogen-bond donors (Lipinski definition) is 5. The lowest BCUT2D eigenvalue weighted by Gasteiger charge is -2.26. The predicted octanol–water partition coefficient (Wildman–Crippen LogP) is -2.02. The summed E-state index contributed by atoms with van der Waals surface area (Å²) in [6.45, 7) is 0. The Hall–Kier alpha value is -1.71. The van der Waals surface area contributed by atoms with Crippen LogP contribution in [0, 0.1) is 0 Å². The molecule has 0 aliphatic carbocycles. The summed E-state index contributed by atoms with van der Waals surface area (Å²) < 4.78 is 0. The fourth-order valence-electron chi connectivity index (χ4n) is 0.873. The van der Waals surface area contributed by atoms with E-state index in [4.69, 9.17) is 15.3 Å². The first-order chi connectivity index (χ1) is 7.38. The molecule has 16 heavy (non-hydrogen) atoms. The Morgan fingerprint density at radius 3 is 1.75 bits per heavy atom. The van der Waals surface area contributed by atoms with Gasteiger partial charge in [0.15, 0.2) is 0 Å². The summed E-state index contributed by atoms with van der Waals surface area (Å²) in [5, 5.41) is 32.2. The van der Waals surface area contributed by atoms with Crippen LogP contribution in [0.4, 0.5) is 17.8 Å². The van der Waals surface area contributed by atoms with Crippen molar-refractivity contribution in [3.05, 3.63) is 0 Å². The molecule has 9 nitrogen and oxygen atoms in total. The molecule has 9 heteroatoms. The van der Waals surface area contributed by atoms with Gasteiger partial charge in [0, 0.05) is 21.1 Å². The third-order valence-corrected chi connectivity index (χ3v) is 1.82. The molecule has 0 saturated heterocycles. The number of anilines is 3. The van der Waals surface area contributed by atoms with Gasteiger partial charge in [-0.15, -0.1) is 0 Å². The fourth-order valence-corrected chi connectivity index (χ4v) is 0.873. The molecule has 0 radical (unpaired) electrons. The molecule has 0 fully saturated rings. The molecule has 0 aliphatic rings. The van der Waals surface area contributed by atoms with Crippen LogP contribution in [0.15, 0.2) is 0 Å². The van der Waals surface area contributed by atoms with Crippen LogP contribution in [0.2, 0.25) is 0 Å². The minimum absolute atomic E-state index is 0.101. The van der Waals surface area contributed by atoms with E-state index in [0.29, 0.717) is 4.90 Å². The summed E-state index contributed by atoms with van der Waals surface area (Å²) in [5.41, 5.74) is 0. The lowest BCUT2D eigenvalue weighted by molar-refractivity contribution is -0.308. The van der Waals surface area contributed by atoms with Gasteiger partial charge in [0.1, 0.15) is 0 Å². The largest absolute Gasteiger partial charge is 0.371 e. The highest BCUT2D eigenvalue weighted by Gasteiger charge is 2.28. The highest BCUT2D eigenvalue weighted by molar-refractivity contribution is 5.43. The van der Waals surface area contributed by atoms with Gasteiger partial charge in [0.25, 0.3) is 0 Å². The second-order valence-corrected chi connectivity index (χ2v) is 2.94. The average molecular weight is 230 g/mol. The first-order valence-corrected chi connectivity index (χ1v) is 4.41. The molecule has 1 heterocycles. The van der Waals surface area contributed by atoms with Gasteiger partial charge in [-0.3, -0.25) is 4.90 Å². The normalized spacial score (nSPS) is 11.1. The summed E-state index contributed by atoms with van der Waals surface area (Å²) in [4.78, 5) is 12.3. The van der Waals surface area contributed by atoms with Gasteiger partial charge in [-0.1, -0.05) is 0 Å². The van der Waals surface area contributed by atoms with Crippen molar-refractivity contribution < 1.29 is 15.3 Å². The fraction of sp³-hybridized carbons (Fsp3) is 0.571. The zero-order chi connectivity index (χ0) is 12.3. The van der Waals surface area contributed by atoms with Gasteiger partial charge >= 0.3 is 6.10 Å². The smallest absolute Gasteiger partial charge is 0.357 e. The van der Waals surface area contributed by atoms with E-state index >= 15 is 0 Å². The SMILES string of the molecule is CNc1nc(NC)nc(N(C)C(O)(O)O)n1. The maximum Gasteiger partial charge on any atom is 0.371 e. The highest BCUT2D eigenvalue weighted by Crippen LogP contribution is 2.15. The van der Waals surface area contributed by atoms with Crippen molar-refractivity contribution in [2.75, 3.05) is 36.7 Å². The Morgan fingerprint density at radius 2 is 1.44 bits per heavy atom. The maximum absolute atomic E-state index is 8.96. The van der Waals surface area contributed by atoms with Crippen molar-refractivity contribution in [1.82, 2.24) is 15.0 Å². The van der Waals surface area contributed by atoms with Crippen LogP contribution in [0.3, 0.4) is 0 Å². The number of hydrogen-bond acceptors (Lipinski definition) is 9. The number of aromatic nitrogens is 3. The Kier molecular flexibility index (Phi) is 3.42. The minimum Gasteiger partial charge on any atom is -0.357 e. The number of rotatable bonds is 4. The van der Waals surface area contributed by atoms with Crippen LogP contribution >= 0.6 is 0 Å². The molecule has 90 valence electrons. The van der Waals surface area contributed by atoms with E-state index in [1.807, 2.05) is 0 Å². The van der Waals surface area contributed by atoms with E-state index in [9.17, 15) is 0 Å². The summed E-state index contributed by atoms with van der Waals surface area (Å²) in [5.74, 6) is 0.354. The Balaban J connectivity index is 3.13. The van der Waals surface area contributed by atoms with E-state index in [-0.39, 0.29) is 17.8 Å². The molecular formula is C7H14N6O3. The third kappa shape index (κ3) is 2.66. The molecule has 0 atom stereocenters. The van der Waals surface area contributed by atoms with Crippen LogP contribution in [-0.2, 0) is 0 Å². The predicted molar refractivity (Wildman–Crippen MR) is 56.7 cm³/mol. The molecule has 0 bridgehead atoms. The minimum atomic E-state index is -3.03. The van der Waals surface area contributed by atoms with Crippen molar-refractivity contribution in [1.29, 1.82) is 0 Å². The van der Waals surface area contributed by atoms with Crippen LogP contribution in [0.1, 0.15) is 0 Å². The maximum atomic E-state index is 8.96. The molecule has 0 aromatic carbocycles. The molecule has 1 rings (SSSR count). The quantitative estimate of drug-likeness (QED) is 0.372.